The van der Waals surface area contributed by atoms with E-state index in [0.29, 0.717) is 0 Å². The molecule has 0 aliphatic rings. The maximum absolute atomic E-state index is 6.13. The quantitative estimate of drug-likeness (QED) is 0.906. The average Bonchev–Trinajstić information content (AvgIpc) is 2.72. The molecule has 2 rings (SSSR count). The Bertz CT molecular complexity index is 493. The van der Waals surface area contributed by atoms with Crippen molar-refractivity contribution in [1.29, 1.82) is 0 Å². The number of nitrogens with zero attached hydrogens (tertiary/aromatic N) is 2. The number of halogens is 1. The summed E-state index contributed by atoms with van der Waals surface area (Å²) in [6.45, 7) is 0. The highest BCUT2D eigenvalue weighted by Crippen LogP contribution is 2.19. The predicted octanol–water partition coefficient (Wildman–Crippen LogP) is 2.71. The van der Waals surface area contributed by atoms with Crippen molar-refractivity contribution in [3.8, 4) is 0 Å². The maximum Gasteiger partial charge on any atom is 0.108 e. The summed E-state index contributed by atoms with van der Waals surface area (Å²) in [7, 11) is 1.99. The Hall–Kier alpha value is -1.32. The van der Waals surface area contributed by atoms with Crippen molar-refractivity contribution >= 4 is 11.6 Å². The van der Waals surface area contributed by atoms with Gasteiger partial charge in [0, 0.05) is 36.9 Å². The minimum Gasteiger partial charge on any atom is -0.338 e. The van der Waals surface area contributed by atoms with Crippen molar-refractivity contribution in [3.63, 3.8) is 0 Å². The van der Waals surface area contributed by atoms with Gasteiger partial charge < -0.3 is 10.3 Å². The summed E-state index contributed by atoms with van der Waals surface area (Å²) >= 11 is 5.94. The third kappa shape index (κ3) is 3.08. The number of hydrogen-bond acceptors (Lipinski definition) is 2. The molecule has 0 saturated heterocycles. The Morgan fingerprint density at radius 1 is 1.47 bits per heavy atom. The molecule has 0 spiro atoms. The molecule has 0 aliphatic carbocycles. The van der Waals surface area contributed by atoms with E-state index in [4.69, 9.17) is 17.3 Å². The third-order valence-electron chi connectivity index (χ3n) is 2.88. The molecule has 4 heteroatoms. The summed E-state index contributed by atoms with van der Waals surface area (Å²) in [4.78, 5) is 4.28. The van der Waals surface area contributed by atoms with Crippen molar-refractivity contribution in [2.24, 2.45) is 12.8 Å². The van der Waals surface area contributed by atoms with Gasteiger partial charge in [-0.3, -0.25) is 0 Å². The van der Waals surface area contributed by atoms with E-state index in [0.717, 1.165) is 29.3 Å². The molecule has 0 bridgehead atoms. The minimum atomic E-state index is 0.00500. The van der Waals surface area contributed by atoms with Gasteiger partial charge in [0.2, 0.25) is 0 Å². The molecule has 0 aliphatic heterocycles. The van der Waals surface area contributed by atoms with Crippen molar-refractivity contribution in [2.75, 3.05) is 0 Å². The zero-order chi connectivity index (χ0) is 12.3. The number of aromatic nitrogens is 2. The fourth-order valence-electron chi connectivity index (χ4n) is 1.83. The van der Waals surface area contributed by atoms with Crippen LogP contribution in [0, 0.1) is 0 Å². The van der Waals surface area contributed by atoms with Crippen molar-refractivity contribution < 1.29 is 0 Å². The molecule has 0 saturated carbocycles. The Kier molecular flexibility index (Phi) is 3.82. The number of benzene rings is 1. The lowest BCUT2D eigenvalue weighted by Gasteiger charge is -2.12. The molecule has 0 radical (unpaired) electrons. The molecular weight excluding hydrogens is 234 g/mol. The van der Waals surface area contributed by atoms with E-state index in [-0.39, 0.29) is 6.04 Å². The first kappa shape index (κ1) is 12.1. The van der Waals surface area contributed by atoms with Gasteiger partial charge in [-0.25, -0.2) is 4.98 Å². The van der Waals surface area contributed by atoms with Crippen LogP contribution in [0.1, 0.15) is 23.9 Å². The van der Waals surface area contributed by atoms with Crippen LogP contribution in [0.15, 0.2) is 36.7 Å². The fourth-order valence-corrected chi connectivity index (χ4v) is 2.02. The highest BCUT2D eigenvalue weighted by Gasteiger charge is 2.08. The van der Waals surface area contributed by atoms with Gasteiger partial charge in [-0.05, 0) is 24.1 Å². The van der Waals surface area contributed by atoms with Crippen molar-refractivity contribution in [2.45, 2.75) is 18.9 Å². The van der Waals surface area contributed by atoms with E-state index in [1.54, 1.807) is 6.20 Å². The van der Waals surface area contributed by atoms with Crippen molar-refractivity contribution in [3.05, 3.63) is 53.1 Å². The summed E-state index contributed by atoms with van der Waals surface area (Å²) in [5.74, 6) is 1.06. The predicted molar refractivity (Wildman–Crippen MR) is 69.9 cm³/mol. The van der Waals surface area contributed by atoms with Gasteiger partial charge in [-0.1, -0.05) is 23.7 Å². The Morgan fingerprint density at radius 3 is 2.94 bits per heavy atom. The van der Waals surface area contributed by atoms with E-state index >= 15 is 0 Å². The molecule has 0 amide bonds. The Labute approximate surface area is 106 Å². The van der Waals surface area contributed by atoms with E-state index in [9.17, 15) is 0 Å². The van der Waals surface area contributed by atoms with Crippen LogP contribution in [0.3, 0.4) is 0 Å². The van der Waals surface area contributed by atoms with Crippen LogP contribution < -0.4 is 5.73 Å². The molecule has 1 unspecified atom stereocenters. The highest BCUT2D eigenvalue weighted by molar-refractivity contribution is 6.30. The number of nitrogens with two attached hydrogens (primary N) is 1. The SMILES string of the molecule is Cn1ccnc1CCC(N)c1cccc(Cl)c1. The van der Waals surface area contributed by atoms with Crippen LogP contribution in [-0.4, -0.2) is 9.55 Å². The van der Waals surface area contributed by atoms with Gasteiger partial charge in [-0.2, -0.15) is 0 Å². The van der Waals surface area contributed by atoms with E-state index < -0.39 is 0 Å². The van der Waals surface area contributed by atoms with Gasteiger partial charge >= 0.3 is 0 Å². The van der Waals surface area contributed by atoms with Crippen molar-refractivity contribution in [1.82, 2.24) is 9.55 Å². The van der Waals surface area contributed by atoms with E-state index in [1.165, 1.54) is 0 Å². The van der Waals surface area contributed by atoms with Crippen LogP contribution in [0.2, 0.25) is 5.02 Å². The van der Waals surface area contributed by atoms with Crippen LogP contribution in [0.25, 0.3) is 0 Å². The summed E-state index contributed by atoms with van der Waals surface area (Å²) < 4.78 is 2.02. The third-order valence-corrected chi connectivity index (χ3v) is 3.11. The second kappa shape index (κ2) is 5.34. The molecule has 17 heavy (non-hydrogen) atoms. The van der Waals surface area contributed by atoms with Gasteiger partial charge in [0.1, 0.15) is 5.82 Å². The van der Waals surface area contributed by atoms with Gasteiger partial charge in [0.25, 0.3) is 0 Å². The lowest BCUT2D eigenvalue weighted by molar-refractivity contribution is 0.621. The first-order valence-corrected chi connectivity index (χ1v) is 6.02. The summed E-state index contributed by atoms with van der Waals surface area (Å²) in [5.41, 5.74) is 7.21. The standard InChI is InChI=1S/C13H16ClN3/c1-17-8-7-16-13(17)6-5-12(15)10-3-2-4-11(14)9-10/h2-4,7-9,12H,5-6,15H2,1H3. The molecule has 3 nitrogen and oxygen atoms in total. The smallest absolute Gasteiger partial charge is 0.108 e. The lowest BCUT2D eigenvalue weighted by Crippen LogP contribution is -2.12. The van der Waals surface area contributed by atoms with Crippen LogP contribution in [-0.2, 0) is 13.5 Å². The minimum absolute atomic E-state index is 0.00500. The van der Waals surface area contributed by atoms with Crippen LogP contribution in [0.5, 0.6) is 0 Å². The molecule has 1 heterocycles. The number of aryl methyl sites for hydroxylation is 2. The normalized spacial score (nSPS) is 12.6. The molecule has 1 aromatic heterocycles. The molecule has 1 aromatic carbocycles. The highest BCUT2D eigenvalue weighted by atomic mass is 35.5. The van der Waals surface area contributed by atoms with Crippen LogP contribution in [0.4, 0.5) is 0 Å². The number of hydrogen-bond donors (Lipinski definition) is 1. The topological polar surface area (TPSA) is 43.8 Å². The molecule has 0 fully saturated rings. The lowest BCUT2D eigenvalue weighted by atomic mass is 10.0. The molecule has 2 N–H and O–H groups in total. The molecule has 1 atom stereocenters. The van der Waals surface area contributed by atoms with Crippen LogP contribution >= 0.6 is 11.6 Å². The number of rotatable bonds is 4. The average molecular weight is 250 g/mol. The maximum atomic E-state index is 6.13. The zero-order valence-electron chi connectivity index (χ0n) is 9.81. The Morgan fingerprint density at radius 2 is 2.29 bits per heavy atom. The largest absolute Gasteiger partial charge is 0.338 e. The Balaban J connectivity index is 1.98. The molecule has 2 aromatic rings. The first-order chi connectivity index (χ1) is 8.16. The van der Waals surface area contributed by atoms with Gasteiger partial charge in [0.05, 0.1) is 0 Å². The summed E-state index contributed by atoms with van der Waals surface area (Å²) in [6, 6.07) is 7.72. The zero-order valence-corrected chi connectivity index (χ0v) is 10.6. The second-order valence-electron chi connectivity index (χ2n) is 4.15. The van der Waals surface area contributed by atoms with E-state index in [1.807, 2.05) is 42.1 Å². The first-order valence-electron chi connectivity index (χ1n) is 5.64. The summed E-state index contributed by atoms with van der Waals surface area (Å²) in [5, 5.41) is 0.731. The molecular formula is C13H16ClN3. The second-order valence-corrected chi connectivity index (χ2v) is 4.59. The summed E-state index contributed by atoms with van der Waals surface area (Å²) in [6.07, 6.45) is 5.49. The fraction of sp³-hybridized carbons (Fsp3) is 0.308. The molecule has 90 valence electrons. The number of imidazole rings is 1. The van der Waals surface area contributed by atoms with Gasteiger partial charge in [-0.15, -0.1) is 0 Å². The van der Waals surface area contributed by atoms with E-state index in [2.05, 4.69) is 4.98 Å². The van der Waals surface area contributed by atoms with Gasteiger partial charge in [0.15, 0.2) is 0 Å². The monoisotopic (exact) mass is 249 g/mol.